The van der Waals surface area contributed by atoms with E-state index in [9.17, 15) is 9.59 Å². The van der Waals surface area contributed by atoms with Gasteiger partial charge in [-0.05, 0) is 53.9 Å². The lowest BCUT2D eigenvalue weighted by atomic mass is 9.89. The summed E-state index contributed by atoms with van der Waals surface area (Å²) in [7, 11) is 3.02. The standard InChI is InChI=1S/C32H24O5/c1-35-26-19-15-21-16-20-27(36-2)30(28(21)29(26)31(33)22-9-5-3-6-10-22)32(34)23-13-17-25(18-14-23)37-24-11-7-4-8-12-24/h3-20H,1-2H3. The smallest absolute Gasteiger partial charge is 0.197 e. The number of hydrogen-bond donors (Lipinski definition) is 0. The molecule has 0 saturated carbocycles. The molecule has 0 spiro atoms. The quantitative estimate of drug-likeness (QED) is 0.218. The zero-order valence-electron chi connectivity index (χ0n) is 20.4. The molecule has 0 unspecified atom stereocenters. The second-order valence-corrected chi connectivity index (χ2v) is 8.35. The number of ketones is 2. The van der Waals surface area contributed by atoms with Crippen LogP contribution in [0.1, 0.15) is 31.8 Å². The summed E-state index contributed by atoms with van der Waals surface area (Å²) >= 11 is 0. The van der Waals surface area contributed by atoms with Gasteiger partial charge in [-0.15, -0.1) is 0 Å². The Morgan fingerprint density at radius 3 is 1.49 bits per heavy atom. The summed E-state index contributed by atoms with van der Waals surface area (Å²) in [6.45, 7) is 0. The van der Waals surface area contributed by atoms with Crippen LogP contribution in [0.15, 0.2) is 109 Å². The van der Waals surface area contributed by atoms with Gasteiger partial charge < -0.3 is 14.2 Å². The van der Waals surface area contributed by atoms with Crippen LogP contribution in [-0.2, 0) is 0 Å². The number of rotatable bonds is 8. The van der Waals surface area contributed by atoms with Crippen molar-refractivity contribution in [1.82, 2.24) is 0 Å². The first-order valence-electron chi connectivity index (χ1n) is 11.8. The summed E-state index contributed by atoms with van der Waals surface area (Å²) in [5.74, 6) is 1.55. The number of ether oxygens (including phenoxy) is 3. The molecule has 0 amide bonds. The van der Waals surface area contributed by atoms with Crippen LogP contribution in [0.2, 0.25) is 0 Å². The van der Waals surface area contributed by atoms with Crippen molar-refractivity contribution in [3.8, 4) is 23.0 Å². The lowest BCUT2D eigenvalue weighted by Gasteiger charge is -2.17. The first-order valence-corrected chi connectivity index (χ1v) is 11.8. The van der Waals surface area contributed by atoms with Gasteiger partial charge in [0.1, 0.15) is 23.0 Å². The van der Waals surface area contributed by atoms with Gasteiger partial charge in [-0.1, -0.05) is 60.7 Å². The molecule has 0 heterocycles. The zero-order chi connectivity index (χ0) is 25.8. The van der Waals surface area contributed by atoms with Gasteiger partial charge in [-0.25, -0.2) is 0 Å². The number of hydrogen-bond acceptors (Lipinski definition) is 5. The highest BCUT2D eigenvalue weighted by atomic mass is 16.5. The Morgan fingerprint density at radius 2 is 0.973 bits per heavy atom. The average Bonchev–Trinajstić information content (AvgIpc) is 2.96. The molecule has 0 fully saturated rings. The van der Waals surface area contributed by atoms with Crippen LogP contribution in [-0.4, -0.2) is 25.8 Å². The van der Waals surface area contributed by atoms with Crippen molar-refractivity contribution in [1.29, 1.82) is 0 Å². The van der Waals surface area contributed by atoms with E-state index in [0.717, 1.165) is 5.39 Å². The largest absolute Gasteiger partial charge is 0.496 e. The molecule has 0 bridgehead atoms. The van der Waals surface area contributed by atoms with E-state index in [2.05, 4.69) is 0 Å². The summed E-state index contributed by atoms with van der Waals surface area (Å²) in [6.07, 6.45) is 0. The number of para-hydroxylation sites is 1. The molecule has 0 radical (unpaired) electrons. The fourth-order valence-corrected chi connectivity index (χ4v) is 4.35. The maximum Gasteiger partial charge on any atom is 0.197 e. The Balaban J connectivity index is 1.64. The van der Waals surface area contributed by atoms with Crippen LogP contribution in [0.4, 0.5) is 0 Å². The highest BCUT2D eigenvalue weighted by molar-refractivity contribution is 6.26. The van der Waals surface area contributed by atoms with Crippen LogP contribution in [0.25, 0.3) is 10.8 Å². The molecule has 0 atom stereocenters. The fourth-order valence-electron chi connectivity index (χ4n) is 4.35. The van der Waals surface area contributed by atoms with E-state index in [1.807, 2.05) is 48.5 Å². The van der Waals surface area contributed by atoms with Gasteiger partial charge in [0.15, 0.2) is 11.6 Å². The van der Waals surface area contributed by atoms with Gasteiger partial charge in [0.25, 0.3) is 0 Å². The Labute approximate surface area is 214 Å². The molecule has 0 aliphatic carbocycles. The van der Waals surface area contributed by atoms with Gasteiger partial charge in [0.2, 0.25) is 0 Å². The molecule has 5 nitrogen and oxygen atoms in total. The van der Waals surface area contributed by atoms with E-state index in [4.69, 9.17) is 14.2 Å². The minimum Gasteiger partial charge on any atom is -0.496 e. The number of carbonyl (C=O) groups excluding carboxylic acids is 2. The molecule has 0 aromatic heterocycles. The van der Waals surface area contributed by atoms with Crippen molar-refractivity contribution < 1.29 is 23.8 Å². The molecule has 0 aliphatic heterocycles. The number of benzene rings is 5. The van der Waals surface area contributed by atoms with Crippen molar-refractivity contribution in [2.45, 2.75) is 0 Å². The normalized spacial score (nSPS) is 10.6. The van der Waals surface area contributed by atoms with E-state index in [1.165, 1.54) is 14.2 Å². The Bertz CT molecular complexity index is 1570. The third-order valence-corrected chi connectivity index (χ3v) is 6.14. The molecule has 5 rings (SSSR count). The monoisotopic (exact) mass is 488 g/mol. The molecule has 182 valence electrons. The predicted octanol–water partition coefficient (Wildman–Crippen LogP) is 7.11. The molecular weight excluding hydrogens is 464 g/mol. The molecule has 37 heavy (non-hydrogen) atoms. The maximum absolute atomic E-state index is 13.9. The number of methoxy groups -OCH3 is 2. The van der Waals surface area contributed by atoms with Crippen LogP contribution in [0, 0.1) is 0 Å². The fraction of sp³-hybridized carbons (Fsp3) is 0.0625. The molecule has 5 heteroatoms. The van der Waals surface area contributed by atoms with E-state index in [0.29, 0.717) is 50.6 Å². The Morgan fingerprint density at radius 1 is 0.514 bits per heavy atom. The summed E-state index contributed by atoms with van der Waals surface area (Å²) in [4.78, 5) is 27.7. The topological polar surface area (TPSA) is 61.8 Å². The van der Waals surface area contributed by atoms with E-state index < -0.39 is 0 Å². The SMILES string of the molecule is COc1ccc2ccc(OC)c(C(=O)c3ccc(Oc4ccccc4)cc3)c2c1C(=O)c1ccccc1. The summed E-state index contributed by atoms with van der Waals surface area (Å²) in [5.41, 5.74) is 1.55. The molecule has 5 aromatic rings. The summed E-state index contributed by atoms with van der Waals surface area (Å²) < 4.78 is 17.1. The van der Waals surface area contributed by atoms with Crippen molar-refractivity contribution >= 4 is 22.3 Å². The molecule has 5 aromatic carbocycles. The highest BCUT2D eigenvalue weighted by Crippen LogP contribution is 2.38. The average molecular weight is 489 g/mol. The van der Waals surface area contributed by atoms with Gasteiger partial charge in [-0.3, -0.25) is 9.59 Å². The molecule has 0 aliphatic rings. The molecule has 0 N–H and O–H groups in total. The number of carbonyl (C=O) groups is 2. The summed E-state index contributed by atoms with van der Waals surface area (Å²) in [5, 5.41) is 1.22. The van der Waals surface area contributed by atoms with E-state index >= 15 is 0 Å². The number of fused-ring (bicyclic) bond motifs is 1. The van der Waals surface area contributed by atoms with Gasteiger partial charge in [0, 0.05) is 16.5 Å². The van der Waals surface area contributed by atoms with E-state index in [1.54, 1.807) is 60.7 Å². The molecule has 0 saturated heterocycles. The minimum absolute atomic E-state index is 0.239. The van der Waals surface area contributed by atoms with Crippen molar-refractivity contribution in [2.24, 2.45) is 0 Å². The third-order valence-electron chi connectivity index (χ3n) is 6.14. The van der Waals surface area contributed by atoms with Crippen molar-refractivity contribution in [3.63, 3.8) is 0 Å². The first-order chi connectivity index (χ1) is 18.1. The van der Waals surface area contributed by atoms with Crippen LogP contribution in [0.5, 0.6) is 23.0 Å². The van der Waals surface area contributed by atoms with Gasteiger partial charge in [-0.2, -0.15) is 0 Å². The predicted molar refractivity (Wildman–Crippen MR) is 143 cm³/mol. The second-order valence-electron chi connectivity index (χ2n) is 8.35. The van der Waals surface area contributed by atoms with Crippen LogP contribution < -0.4 is 14.2 Å². The maximum atomic E-state index is 13.9. The third kappa shape index (κ3) is 4.67. The highest BCUT2D eigenvalue weighted by Gasteiger charge is 2.26. The van der Waals surface area contributed by atoms with Crippen LogP contribution in [0.3, 0.4) is 0 Å². The van der Waals surface area contributed by atoms with Crippen molar-refractivity contribution in [3.05, 3.63) is 131 Å². The lowest BCUT2D eigenvalue weighted by Crippen LogP contribution is -2.10. The second kappa shape index (κ2) is 10.4. The lowest BCUT2D eigenvalue weighted by molar-refractivity contribution is 0.103. The zero-order valence-corrected chi connectivity index (χ0v) is 20.4. The van der Waals surface area contributed by atoms with E-state index in [-0.39, 0.29) is 11.6 Å². The Kier molecular flexibility index (Phi) is 6.68. The van der Waals surface area contributed by atoms with Crippen LogP contribution >= 0.6 is 0 Å². The van der Waals surface area contributed by atoms with Gasteiger partial charge in [0.05, 0.1) is 25.3 Å². The van der Waals surface area contributed by atoms with Gasteiger partial charge >= 0.3 is 0 Å². The first kappa shape index (κ1) is 23.8. The summed E-state index contributed by atoms with van der Waals surface area (Å²) in [6, 6.07) is 32.4. The Hall–Kier alpha value is -4.90. The molecular formula is C32H24O5. The van der Waals surface area contributed by atoms with Crippen molar-refractivity contribution in [2.75, 3.05) is 14.2 Å². The minimum atomic E-state index is -0.274.